The van der Waals surface area contributed by atoms with Crippen molar-refractivity contribution in [2.45, 2.75) is 56.5 Å². The average Bonchev–Trinajstić information content (AvgIpc) is 2.46. The molecule has 2 N–H and O–H groups in total. The fourth-order valence-corrected chi connectivity index (χ4v) is 4.21. The number of nitrogens with one attached hydrogen (secondary N) is 2. The van der Waals surface area contributed by atoms with Crippen molar-refractivity contribution in [3.63, 3.8) is 0 Å². The van der Waals surface area contributed by atoms with E-state index in [1.807, 2.05) is 26.1 Å². The lowest BCUT2D eigenvalue weighted by molar-refractivity contribution is 0.327. The van der Waals surface area contributed by atoms with E-state index in [0.717, 1.165) is 24.8 Å². The summed E-state index contributed by atoms with van der Waals surface area (Å²) in [6.07, 6.45) is 4.19. The minimum atomic E-state index is -3.40. The molecule has 1 aromatic rings. The van der Waals surface area contributed by atoms with Gasteiger partial charge in [0.25, 0.3) is 0 Å². The maximum Gasteiger partial charge on any atom is 0.240 e. The zero-order valence-electron chi connectivity index (χ0n) is 13.1. The monoisotopic (exact) mass is 310 g/mol. The van der Waals surface area contributed by atoms with Crippen LogP contribution >= 0.6 is 0 Å². The Balaban J connectivity index is 2.08. The van der Waals surface area contributed by atoms with Crippen LogP contribution in [-0.4, -0.2) is 21.5 Å². The molecule has 0 heterocycles. The van der Waals surface area contributed by atoms with Crippen LogP contribution in [0.4, 0.5) is 0 Å². The summed E-state index contributed by atoms with van der Waals surface area (Å²) in [7, 11) is -1.51. The Morgan fingerprint density at radius 1 is 1.19 bits per heavy atom. The van der Waals surface area contributed by atoms with Crippen LogP contribution in [0.3, 0.4) is 0 Å². The molecule has 5 heteroatoms. The first-order valence-corrected chi connectivity index (χ1v) is 9.20. The summed E-state index contributed by atoms with van der Waals surface area (Å²) in [5, 5.41) is 3.14. The summed E-state index contributed by atoms with van der Waals surface area (Å²) in [5.74, 6) is 0.602. The van der Waals surface area contributed by atoms with Gasteiger partial charge in [0.1, 0.15) is 0 Å². The molecule has 1 aliphatic carbocycles. The number of hydrogen-bond acceptors (Lipinski definition) is 3. The van der Waals surface area contributed by atoms with Crippen molar-refractivity contribution in [2.24, 2.45) is 5.92 Å². The van der Waals surface area contributed by atoms with Crippen LogP contribution in [0.25, 0.3) is 0 Å². The van der Waals surface area contributed by atoms with Crippen LogP contribution in [0.15, 0.2) is 29.2 Å². The van der Waals surface area contributed by atoms with E-state index in [1.165, 1.54) is 6.42 Å². The van der Waals surface area contributed by atoms with E-state index in [-0.39, 0.29) is 12.1 Å². The van der Waals surface area contributed by atoms with E-state index >= 15 is 0 Å². The van der Waals surface area contributed by atoms with Crippen molar-refractivity contribution in [1.29, 1.82) is 0 Å². The highest BCUT2D eigenvalue weighted by Crippen LogP contribution is 2.25. The first-order valence-electron chi connectivity index (χ1n) is 7.72. The third kappa shape index (κ3) is 4.28. The first kappa shape index (κ1) is 16.5. The molecule has 3 atom stereocenters. The molecule has 0 amide bonds. The Morgan fingerprint density at radius 2 is 1.86 bits per heavy atom. The molecule has 1 aromatic carbocycles. The van der Waals surface area contributed by atoms with Gasteiger partial charge in [-0.05, 0) is 50.4 Å². The Morgan fingerprint density at radius 3 is 2.43 bits per heavy atom. The van der Waals surface area contributed by atoms with Crippen LogP contribution < -0.4 is 10.0 Å². The van der Waals surface area contributed by atoms with Gasteiger partial charge in [-0.15, -0.1) is 0 Å². The zero-order valence-corrected chi connectivity index (χ0v) is 13.9. The van der Waals surface area contributed by atoms with E-state index in [2.05, 4.69) is 17.0 Å². The highest BCUT2D eigenvalue weighted by Gasteiger charge is 2.24. The van der Waals surface area contributed by atoms with Gasteiger partial charge >= 0.3 is 0 Å². The van der Waals surface area contributed by atoms with Gasteiger partial charge in [-0.3, -0.25) is 0 Å². The smallest absolute Gasteiger partial charge is 0.240 e. The van der Waals surface area contributed by atoms with Crippen molar-refractivity contribution >= 4 is 10.0 Å². The summed E-state index contributed by atoms with van der Waals surface area (Å²) in [5.41, 5.74) is 1.09. The van der Waals surface area contributed by atoms with E-state index in [1.54, 1.807) is 12.1 Å². The van der Waals surface area contributed by atoms with Gasteiger partial charge in [0.05, 0.1) is 4.90 Å². The molecule has 1 saturated carbocycles. The van der Waals surface area contributed by atoms with Gasteiger partial charge in [-0.1, -0.05) is 31.9 Å². The lowest BCUT2D eigenvalue weighted by Gasteiger charge is -2.27. The predicted molar refractivity (Wildman–Crippen MR) is 85.7 cm³/mol. The lowest BCUT2D eigenvalue weighted by Crippen LogP contribution is -2.37. The molecule has 3 unspecified atom stereocenters. The van der Waals surface area contributed by atoms with Gasteiger partial charge < -0.3 is 5.32 Å². The summed E-state index contributed by atoms with van der Waals surface area (Å²) < 4.78 is 27.7. The number of benzene rings is 1. The third-order valence-electron chi connectivity index (χ3n) is 4.38. The van der Waals surface area contributed by atoms with Gasteiger partial charge in [0.15, 0.2) is 0 Å². The minimum absolute atomic E-state index is 0.0784. The van der Waals surface area contributed by atoms with Gasteiger partial charge in [0, 0.05) is 12.1 Å². The van der Waals surface area contributed by atoms with Crippen molar-refractivity contribution in [3.8, 4) is 0 Å². The maximum absolute atomic E-state index is 12.4. The molecule has 2 rings (SSSR count). The van der Waals surface area contributed by atoms with Gasteiger partial charge in [-0.2, -0.15) is 0 Å². The summed E-state index contributed by atoms with van der Waals surface area (Å²) in [6.45, 7) is 4.24. The van der Waals surface area contributed by atoms with Crippen LogP contribution in [0, 0.1) is 5.92 Å². The molecule has 0 bridgehead atoms. The summed E-state index contributed by atoms with van der Waals surface area (Å²) in [6, 6.07) is 7.43. The standard InChI is InChI=1S/C16H26N2O2S/c1-12-5-4-6-15(11-12)18-21(19,20)16-9-7-14(8-10-16)13(2)17-3/h7-10,12-13,15,17-18H,4-6,11H2,1-3H3. The van der Waals surface area contributed by atoms with E-state index in [4.69, 9.17) is 0 Å². The van der Waals surface area contributed by atoms with E-state index in [9.17, 15) is 8.42 Å². The molecule has 1 fully saturated rings. The van der Waals surface area contributed by atoms with Crippen LogP contribution in [0.2, 0.25) is 0 Å². The maximum atomic E-state index is 12.4. The molecular weight excluding hydrogens is 284 g/mol. The molecular formula is C16H26N2O2S. The van der Waals surface area contributed by atoms with Crippen molar-refractivity contribution in [2.75, 3.05) is 7.05 Å². The Bertz CT molecular complexity index is 554. The van der Waals surface area contributed by atoms with Gasteiger partial charge in [-0.25, -0.2) is 13.1 Å². The number of rotatable bonds is 5. The molecule has 0 spiro atoms. The third-order valence-corrected chi connectivity index (χ3v) is 5.92. The molecule has 21 heavy (non-hydrogen) atoms. The molecule has 0 aromatic heterocycles. The predicted octanol–water partition coefficient (Wildman–Crippen LogP) is 2.82. The normalized spacial score (nSPS) is 24.7. The minimum Gasteiger partial charge on any atom is -0.313 e. The second kappa shape index (κ2) is 6.90. The topological polar surface area (TPSA) is 58.2 Å². The van der Waals surface area contributed by atoms with Gasteiger partial charge in [0.2, 0.25) is 10.0 Å². The molecule has 0 saturated heterocycles. The fraction of sp³-hybridized carbons (Fsp3) is 0.625. The quantitative estimate of drug-likeness (QED) is 0.879. The largest absolute Gasteiger partial charge is 0.313 e. The van der Waals surface area contributed by atoms with E-state index < -0.39 is 10.0 Å². The van der Waals surface area contributed by atoms with Crippen molar-refractivity contribution in [3.05, 3.63) is 29.8 Å². The number of hydrogen-bond donors (Lipinski definition) is 2. The fourth-order valence-electron chi connectivity index (χ4n) is 2.93. The average molecular weight is 310 g/mol. The highest BCUT2D eigenvalue weighted by atomic mass is 32.2. The summed E-state index contributed by atoms with van der Waals surface area (Å²) in [4.78, 5) is 0.354. The molecule has 118 valence electrons. The second-order valence-corrected chi connectivity index (χ2v) is 7.88. The van der Waals surface area contributed by atoms with Crippen molar-refractivity contribution in [1.82, 2.24) is 10.0 Å². The molecule has 0 aliphatic heterocycles. The highest BCUT2D eigenvalue weighted by molar-refractivity contribution is 7.89. The SMILES string of the molecule is CNC(C)c1ccc(S(=O)(=O)NC2CCCC(C)C2)cc1. The Hall–Kier alpha value is -0.910. The zero-order chi connectivity index (χ0) is 15.5. The Labute approximate surface area is 128 Å². The van der Waals surface area contributed by atoms with Crippen LogP contribution in [-0.2, 0) is 10.0 Å². The first-order chi connectivity index (χ1) is 9.92. The molecule has 1 aliphatic rings. The summed E-state index contributed by atoms with van der Waals surface area (Å²) >= 11 is 0. The Kier molecular flexibility index (Phi) is 5.41. The molecule has 0 radical (unpaired) electrons. The number of sulfonamides is 1. The van der Waals surface area contributed by atoms with E-state index in [0.29, 0.717) is 10.8 Å². The molecule has 4 nitrogen and oxygen atoms in total. The van der Waals surface area contributed by atoms with Crippen LogP contribution in [0.1, 0.15) is 51.1 Å². The van der Waals surface area contributed by atoms with Crippen molar-refractivity contribution < 1.29 is 8.42 Å². The lowest BCUT2D eigenvalue weighted by atomic mass is 9.88. The van der Waals surface area contributed by atoms with Crippen LogP contribution in [0.5, 0.6) is 0 Å². The second-order valence-electron chi connectivity index (χ2n) is 6.17.